The second-order valence-corrected chi connectivity index (χ2v) is 8.21. The summed E-state index contributed by atoms with van der Waals surface area (Å²) in [5.41, 5.74) is 8.19. The number of primary amides is 1. The van der Waals surface area contributed by atoms with Gasteiger partial charge in [0.2, 0.25) is 5.91 Å². The van der Waals surface area contributed by atoms with Gasteiger partial charge in [0.05, 0.1) is 5.69 Å². The number of nitrogens with two attached hydrogens (primary N) is 1. The molecule has 8 nitrogen and oxygen atoms in total. The number of aryl methyl sites for hydroxylation is 1. The number of nitrogens with one attached hydrogen (secondary N) is 2. The van der Waals surface area contributed by atoms with Crippen molar-refractivity contribution in [3.8, 4) is 5.69 Å². The Balaban J connectivity index is 1.68. The zero-order valence-electron chi connectivity index (χ0n) is 17.9. The molecular formula is C23H25N5O3S. The third-order valence-electron chi connectivity index (χ3n) is 4.75. The highest BCUT2D eigenvalue weighted by molar-refractivity contribution is 7.98. The number of rotatable bonds is 9. The van der Waals surface area contributed by atoms with Gasteiger partial charge in [-0.2, -0.15) is 16.9 Å². The molecule has 0 saturated heterocycles. The van der Waals surface area contributed by atoms with E-state index in [-0.39, 0.29) is 17.5 Å². The Morgan fingerprint density at radius 3 is 2.50 bits per heavy atom. The van der Waals surface area contributed by atoms with Gasteiger partial charge >= 0.3 is 0 Å². The maximum atomic E-state index is 12.9. The highest BCUT2D eigenvalue weighted by Gasteiger charge is 2.21. The largest absolute Gasteiger partial charge is 0.364 e. The maximum Gasteiger partial charge on any atom is 0.269 e. The van der Waals surface area contributed by atoms with Crippen LogP contribution in [0.3, 0.4) is 0 Å². The van der Waals surface area contributed by atoms with Gasteiger partial charge in [-0.15, -0.1) is 0 Å². The average Bonchev–Trinajstić information content (AvgIpc) is 3.27. The van der Waals surface area contributed by atoms with Crippen LogP contribution in [-0.2, 0) is 4.79 Å². The molecule has 4 N–H and O–H groups in total. The van der Waals surface area contributed by atoms with Gasteiger partial charge < -0.3 is 16.4 Å². The number of benzene rings is 2. The number of thioether (sulfide) groups is 1. The van der Waals surface area contributed by atoms with Gasteiger partial charge in [-0.25, -0.2) is 4.68 Å². The summed E-state index contributed by atoms with van der Waals surface area (Å²) < 4.78 is 1.52. The second-order valence-electron chi connectivity index (χ2n) is 7.22. The molecule has 32 heavy (non-hydrogen) atoms. The lowest BCUT2D eigenvalue weighted by molar-refractivity contribution is -0.118. The molecule has 1 aromatic heterocycles. The third-order valence-corrected chi connectivity index (χ3v) is 5.40. The summed E-state index contributed by atoms with van der Waals surface area (Å²) in [6.07, 6.45) is 4.09. The lowest BCUT2D eigenvalue weighted by Crippen LogP contribution is -2.44. The van der Waals surface area contributed by atoms with Gasteiger partial charge in [0, 0.05) is 17.4 Å². The summed E-state index contributed by atoms with van der Waals surface area (Å²) in [6.45, 7) is 1.91. The van der Waals surface area contributed by atoms with Crippen molar-refractivity contribution >= 4 is 35.2 Å². The molecular weight excluding hydrogens is 426 g/mol. The number of anilines is 1. The highest BCUT2D eigenvalue weighted by atomic mass is 32.2. The fourth-order valence-corrected chi connectivity index (χ4v) is 3.53. The molecule has 3 aromatic rings. The van der Waals surface area contributed by atoms with Crippen LogP contribution < -0.4 is 16.4 Å². The summed E-state index contributed by atoms with van der Waals surface area (Å²) in [7, 11) is 0. The normalized spacial score (nSPS) is 11.6. The molecule has 3 amide bonds. The molecule has 0 fully saturated rings. The number of carbonyl (C=O) groups excluding carboxylic acids is 3. The van der Waals surface area contributed by atoms with Crippen molar-refractivity contribution in [2.24, 2.45) is 5.73 Å². The van der Waals surface area contributed by atoms with Gasteiger partial charge in [-0.05, 0) is 67.8 Å². The molecule has 3 rings (SSSR count). The Morgan fingerprint density at radius 2 is 1.88 bits per heavy atom. The van der Waals surface area contributed by atoms with Crippen LogP contribution in [0.4, 0.5) is 5.69 Å². The lowest BCUT2D eigenvalue weighted by atomic mass is 10.1. The molecule has 0 radical (unpaired) electrons. The molecule has 0 aliphatic rings. The van der Waals surface area contributed by atoms with Crippen LogP contribution in [0.15, 0.2) is 60.8 Å². The fourth-order valence-electron chi connectivity index (χ4n) is 3.06. The van der Waals surface area contributed by atoms with Crippen LogP contribution in [0, 0.1) is 6.92 Å². The monoisotopic (exact) mass is 451 g/mol. The van der Waals surface area contributed by atoms with E-state index in [1.54, 1.807) is 54.4 Å². The Hall–Kier alpha value is -3.59. The minimum atomic E-state index is -0.667. The van der Waals surface area contributed by atoms with E-state index >= 15 is 0 Å². The van der Waals surface area contributed by atoms with E-state index in [2.05, 4.69) is 15.7 Å². The summed E-state index contributed by atoms with van der Waals surface area (Å²) in [6, 6.07) is 15.1. The molecule has 0 spiro atoms. The van der Waals surface area contributed by atoms with E-state index in [1.807, 2.05) is 25.3 Å². The van der Waals surface area contributed by atoms with Crippen molar-refractivity contribution in [1.82, 2.24) is 15.1 Å². The molecule has 0 aliphatic carbocycles. The summed E-state index contributed by atoms with van der Waals surface area (Å²) in [5, 5.41) is 9.80. The van der Waals surface area contributed by atoms with Crippen molar-refractivity contribution in [3.63, 3.8) is 0 Å². The second kappa shape index (κ2) is 10.6. The van der Waals surface area contributed by atoms with Crippen molar-refractivity contribution in [2.75, 3.05) is 17.3 Å². The van der Waals surface area contributed by atoms with Crippen LogP contribution in [0.2, 0.25) is 0 Å². The van der Waals surface area contributed by atoms with E-state index in [4.69, 9.17) is 5.73 Å². The van der Waals surface area contributed by atoms with Crippen LogP contribution in [0.25, 0.3) is 5.69 Å². The first-order chi connectivity index (χ1) is 15.4. The molecule has 0 bridgehead atoms. The Morgan fingerprint density at radius 1 is 1.12 bits per heavy atom. The predicted molar refractivity (Wildman–Crippen MR) is 126 cm³/mol. The number of carbonyl (C=O) groups is 3. The zero-order chi connectivity index (χ0) is 23.1. The van der Waals surface area contributed by atoms with Crippen LogP contribution in [0.5, 0.6) is 0 Å². The molecule has 1 atom stereocenters. The summed E-state index contributed by atoms with van der Waals surface area (Å²) in [5.74, 6) is -0.444. The standard InChI is InChI=1S/C23H25N5O3S/c1-15-4-3-5-16(14-15)22(30)26-20(11-13-32-2)23(31)25-17-6-8-18(9-7-17)28-12-10-19(27-28)21(24)29/h3-10,12,14,20H,11,13H2,1-2H3,(H2,24,29)(H,25,31)(H,26,30). The van der Waals surface area contributed by atoms with E-state index < -0.39 is 11.9 Å². The van der Waals surface area contributed by atoms with Crippen LogP contribution in [-0.4, -0.2) is 45.6 Å². The molecule has 0 saturated carbocycles. The lowest BCUT2D eigenvalue weighted by Gasteiger charge is -2.18. The van der Waals surface area contributed by atoms with Crippen molar-refractivity contribution in [2.45, 2.75) is 19.4 Å². The molecule has 1 unspecified atom stereocenters. The van der Waals surface area contributed by atoms with E-state index in [0.29, 0.717) is 23.4 Å². The summed E-state index contributed by atoms with van der Waals surface area (Å²) >= 11 is 1.61. The Labute approximate surface area is 190 Å². The average molecular weight is 452 g/mol. The number of hydrogen-bond acceptors (Lipinski definition) is 5. The number of hydrogen-bond donors (Lipinski definition) is 3. The minimum Gasteiger partial charge on any atom is -0.364 e. The highest BCUT2D eigenvalue weighted by Crippen LogP contribution is 2.15. The van der Waals surface area contributed by atoms with Crippen molar-refractivity contribution in [3.05, 3.63) is 77.6 Å². The topological polar surface area (TPSA) is 119 Å². The predicted octanol–water partition coefficient (Wildman–Crippen LogP) is 2.77. The molecule has 166 valence electrons. The fraction of sp³-hybridized carbons (Fsp3) is 0.217. The third kappa shape index (κ3) is 5.98. The minimum absolute atomic E-state index is 0.170. The smallest absolute Gasteiger partial charge is 0.269 e. The SMILES string of the molecule is CSCCC(NC(=O)c1cccc(C)c1)C(=O)Nc1ccc(-n2ccc(C(N)=O)n2)cc1. The number of aromatic nitrogens is 2. The van der Waals surface area contributed by atoms with Crippen LogP contribution in [0.1, 0.15) is 32.8 Å². The first-order valence-electron chi connectivity index (χ1n) is 10.0. The Bertz CT molecular complexity index is 1110. The van der Waals surface area contributed by atoms with Crippen molar-refractivity contribution < 1.29 is 14.4 Å². The number of nitrogens with zero attached hydrogens (tertiary/aromatic N) is 2. The van der Waals surface area contributed by atoms with Gasteiger partial charge in [-0.3, -0.25) is 14.4 Å². The zero-order valence-corrected chi connectivity index (χ0v) is 18.7. The van der Waals surface area contributed by atoms with Gasteiger partial charge in [-0.1, -0.05) is 17.7 Å². The molecule has 1 heterocycles. The van der Waals surface area contributed by atoms with Gasteiger partial charge in [0.15, 0.2) is 0 Å². The molecule has 2 aromatic carbocycles. The van der Waals surface area contributed by atoms with E-state index in [1.165, 1.54) is 10.7 Å². The molecule has 9 heteroatoms. The van der Waals surface area contributed by atoms with Gasteiger partial charge in [0.25, 0.3) is 11.8 Å². The maximum absolute atomic E-state index is 12.9. The van der Waals surface area contributed by atoms with Crippen molar-refractivity contribution in [1.29, 1.82) is 0 Å². The van der Waals surface area contributed by atoms with E-state index in [9.17, 15) is 14.4 Å². The van der Waals surface area contributed by atoms with Gasteiger partial charge in [0.1, 0.15) is 11.7 Å². The Kier molecular flexibility index (Phi) is 7.67. The first-order valence-corrected chi connectivity index (χ1v) is 11.4. The quantitative estimate of drug-likeness (QED) is 0.462. The summed E-state index contributed by atoms with van der Waals surface area (Å²) in [4.78, 5) is 36.7. The van der Waals surface area contributed by atoms with E-state index in [0.717, 1.165) is 11.3 Å². The first kappa shape index (κ1) is 23.1. The number of amides is 3. The van der Waals surface area contributed by atoms with Crippen LogP contribution >= 0.6 is 11.8 Å². The molecule has 0 aliphatic heterocycles.